The highest BCUT2D eigenvalue weighted by atomic mass is 19.1. The quantitative estimate of drug-likeness (QED) is 0.620. The molecule has 4 nitrogen and oxygen atoms in total. The summed E-state index contributed by atoms with van der Waals surface area (Å²) in [6, 6.07) is 18.0. The van der Waals surface area contributed by atoms with Crippen LogP contribution < -0.4 is 5.32 Å². The largest absolute Gasteiger partial charge is 0.314 e. The molecule has 164 valence electrons. The highest BCUT2D eigenvalue weighted by molar-refractivity contribution is 5.69. The molecule has 1 N–H and O–H groups in total. The summed E-state index contributed by atoms with van der Waals surface area (Å²) in [6.45, 7) is 5.45. The van der Waals surface area contributed by atoms with Gasteiger partial charge in [0, 0.05) is 44.5 Å². The second-order valence-electron chi connectivity index (χ2n) is 8.59. The lowest BCUT2D eigenvalue weighted by atomic mass is 9.82. The Kier molecular flexibility index (Phi) is 5.77. The van der Waals surface area contributed by atoms with Gasteiger partial charge < -0.3 is 5.32 Å². The molecule has 0 amide bonds. The molecule has 2 aliphatic rings. The summed E-state index contributed by atoms with van der Waals surface area (Å²) in [5.41, 5.74) is 2.68. The molecule has 1 aliphatic heterocycles. The zero-order valence-electron chi connectivity index (χ0n) is 18.4. The van der Waals surface area contributed by atoms with Crippen molar-refractivity contribution in [3.05, 3.63) is 96.4 Å². The van der Waals surface area contributed by atoms with Gasteiger partial charge in [-0.1, -0.05) is 54.6 Å². The number of piperazine rings is 1. The Morgan fingerprint density at radius 1 is 1.03 bits per heavy atom. The Labute approximate surface area is 189 Å². The third-order valence-corrected chi connectivity index (χ3v) is 6.46. The molecule has 1 aromatic carbocycles. The maximum atomic E-state index is 16.7. The maximum Gasteiger partial charge on any atom is 0.152 e. The van der Waals surface area contributed by atoms with Gasteiger partial charge in [-0.05, 0) is 42.3 Å². The lowest BCUT2D eigenvalue weighted by molar-refractivity contribution is 0.0502. The van der Waals surface area contributed by atoms with Crippen molar-refractivity contribution in [2.45, 2.75) is 25.1 Å². The van der Waals surface area contributed by atoms with E-state index in [0.29, 0.717) is 6.42 Å². The highest BCUT2D eigenvalue weighted by Crippen LogP contribution is 2.45. The van der Waals surface area contributed by atoms with E-state index >= 15 is 4.39 Å². The Hall–Kier alpha value is -3.02. The van der Waals surface area contributed by atoms with E-state index in [0.717, 1.165) is 54.5 Å². The number of aromatic nitrogens is 2. The SMILES string of the molecule is Cc1cc(C(N2CCNCC2)C2(F)C=CC=CC2)c(-c2ccccc2)n1-c1ccccn1. The molecule has 32 heavy (non-hydrogen) atoms. The van der Waals surface area contributed by atoms with Crippen molar-refractivity contribution >= 4 is 0 Å². The van der Waals surface area contributed by atoms with Crippen LogP contribution in [0.25, 0.3) is 17.1 Å². The van der Waals surface area contributed by atoms with Crippen molar-refractivity contribution in [2.75, 3.05) is 26.2 Å². The predicted molar refractivity (Wildman–Crippen MR) is 128 cm³/mol. The van der Waals surface area contributed by atoms with E-state index in [9.17, 15) is 0 Å². The van der Waals surface area contributed by atoms with E-state index in [1.807, 2.05) is 60.8 Å². The van der Waals surface area contributed by atoms with Crippen molar-refractivity contribution in [1.82, 2.24) is 19.8 Å². The molecule has 3 heterocycles. The standard InChI is InChI=1S/C27H29FN4/c1-21-20-23(26(31-18-16-29-17-19-31)27(28)13-7-3-8-14-27)25(22-10-4-2-5-11-22)32(21)24-12-6-9-15-30-24/h2-13,15,20,26,29H,14,16-19H2,1H3. The predicted octanol–water partition coefficient (Wildman–Crippen LogP) is 5.02. The molecular formula is C27H29FN4. The summed E-state index contributed by atoms with van der Waals surface area (Å²) in [7, 11) is 0. The maximum absolute atomic E-state index is 16.7. The van der Waals surface area contributed by atoms with E-state index in [4.69, 9.17) is 0 Å². The minimum atomic E-state index is -1.47. The summed E-state index contributed by atoms with van der Waals surface area (Å²) >= 11 is 0. The van der Waals surface area contributed by atoms with Gasteiger partial charge in [0.25, 0.3) is 0 Å². The number of allylic oxidation sites excluding steroid dienone is 3. The molecule has 1 fully saturated rings. The average molecular weight is 429 g/mol. The van der Waals surface area contributed by atoms with Crippen molar-refractivity contribution < 1.29 is 4.39 Å². The molecule has 1 saturated heterocycles. The molecule has 3 aromatic rings. The van der Waals surface area contributed by atoms with Crippen LogP contribution >= 0.6 is 0 Å². The van der Waals surface area contributed by atoms with Gasteiger partial charge in [0.1, 0.15) is 5.82 Å². The van der Waals surface area contributed by atoms with Crippen molar-refractivity contribution in [3.8, 4) is 17.1 Å². The van der Waals surface area contributed by atoms with Gasteiger partial charge in [-0.3, -0.25) is 9.47 Å². The van der Waals surface area contributed by atoms with Crippen LogP contribution in [0.3, 0.4) is 0 Å². The molecule has 2 aromatic heterocycles. The summed E-state index contributed by atoms with van der Waals surface area (Å²) in [4.78, 5) is 6.94. The average Bonchev–Trinajstić information content (AvgIpc) is 3.17. The van der Waals surface area contributed by atoms with Gasteiger partial charge in [0.05, 0.1) is 11.7 Å². The third kappa shape index (κ3) is 3.83. The Bertz CT molecular complexity index is 1110. The normalized spacial score (nSPS) is 22.2. The van der Waals surface area contributed by atoms with Gasteiger partial charge in [-0.2, -0.15) is 0 Å². The van der Waals surface area contributed by atoms with Crippen molar-refractivity contribution in [2.24, 2.45) is 0 Å². The number of hydrogen-bond acceptors (Lipinski definition) is 3. The monoisotopic (exact) mass is 428 g/mol. The zero-order chi connectivity index (χ0) is 22.0. The number of hydrogen-bond donors (Lipinski definition) is 1. The minimum Gasteiger partial charge on any atom is -0.314 e. The first-order valence-corrected chi connectivity index (χ1v) is 11.3. The summed E-state index contributed by atoms with van der Waals surface area (Å²) in [5.74, 6) is 0.848. The number of nitrogens with one attached hydrogen (secondary N) is 1. The number of nitrogens with zero attached hydrogens (tertiary/aromatic N) is 3. The first kappa shape index (κ1) is 20.9. The van der Waals surface area contributed by atoms with Gasteiger partial charge in [0.15, 0.2) is 5.67 Å². The molecule has 0 spiro atoms. The highest BCUT2D eigenvalue weighted by Gasteiger charge is 2.44. The summed E-state index contributed by atoms with van der Waals surface area (Å²) in [5, 5.41) is 3.41. The molecule has 2 unspecified atom stereocenters. The van der Waals surface area contributed by atoms with Crippen LogP contribution in [0.5, 0.6) is 0 Å². The first-order chi connectivity index (χ1) is 15.7. The summed E-state index contributed by atoms with van der Waals surface area (Å²) in [6.07, 6.45) is 9.67. The van der Waals surface area contributed by atoms with Crippen LogP contribution in [0.1, 0.15) is 23.7 Å². The molecule has 0 saturated carbocycles. The van der Waals surface area contributed by atoms with Crippen molar-refractivity contribution in [3.63, 3.8) is 0 Å². The van der Waals surface area contributed by atoms with Crippen LogP contribution in [0.15, 0.2) is 85.1 Å². The Morgan fingerprint density at radius 3 is 2.50 bits per heavy atom. The van der Waals surface area contributed by atoms with E-state index in [2.05, 4.69) is 44.9 Å². The molecular weight excluding hydrogens is 399 g/mol. The first-order valence-electron chi connectivity index (χ1n) is 11.3. The fraction of sp³-hybridized carbons (Fsp3) is 0.296. The van der Waals surface area contributed by atoms with E-state index in [1.165, 1.54) is 0 Å². The third-order valence-electron chi connectivity index (χ3n) is 6.46. The summed E-state index contributed by atoms with van der Waals surface area (Å²) < 4.78 is 18.9. The fourth-order valence-electron chi connectivity index (χ4n) is 5.06. The van der Waals surface area contributed by atoms with Gasteiger partial charge in [0.2, 0.25) is 0 Å². The zero-order valence-corrected chi connectivity index (χ0v) is 18.4. The molecule has 0 bridgehead atoms. The van der Waals surface area contributed by atoms with Gasteiger partial charge in [-0.25, -0.2) is 9.37 Å². The second-order valence-corrected chi connectivity index (χ2v) is 8.59. The molecule has 5 heteroatoms. The van der Waals surface area contributed by atoms with Crippen LogP contribution in [-0.2, 0) is 0 Å². The lowest BCUT2D eigenvalue weighted by Gasteiger charge is -2.42. The van der Waals surface area contributed by atoms with Gasteiger partial charge >= 0.3 is 0 Å². The van der Waals surface area contributed by atoms with Crippen LogP contribution in [0.2, 0.25) is 0 Å². The topological polar surface area (TPSA) is 33.1 Å². The molecule has 0 radical (unpaired) electrons. The number of rotatable bonds is 5. The Balaban J connectivity index is 1.74. The van der Waals surface area contributed by atoms with Crippen molar-refractivity contribution in [1.29, 1.82) is 0 Å². The second kappa shape index (κ2) is 8.85. The van der Waals surface area contributed by atoms with Crippen LogP contribution in [0.4, 0.5) is 4.39 Å². The van der Waals surface area contributed by atoms with Crippen LogP contribution in [-0.4, -0.2) is 46.3 Å². The number of halogens is 1. The van der Waals surface area contributed by atoms with E-state index in [-0.39, 0.29) is 6.04 Å². The minimum absolute atomic E-state index is 0.375. The van der Waals surface area contributed by atoms with Gasteiger partial charge in [-0.15, -0.1) is 0 Å². The fourth-order valence-corrected chi connectivity index (χ4v) is 5.06. The van der Waals surface area contributed by atoms with E-state index < -0.39 is 5.67 Å². The molecule has 2 atom stereocenters. The molecule has 1 aliphatic carbocycles. The number of benzene rings is 1. The lowest BCUT2D eigenvalue weighted by Crippen LogP contribution is -2.50. The number of aryl methyl sites for hydroxylation is 1. The molecule has 5 rings (SSSR count). The van der Waals surface area contributed by atoms with Crippen LogP contribution in [0, 0.1) is 6.92 Å². The number of alkyl halides is 1. The smallest absolute Gasteiger partial charge is 0.152 e. The number of pyridine rings is 1. The van der Waals surface area contributed by atoms with E-state index in [1.54, 1.807) is 6.08 Å². The Morgan fingerprint density at radius 2 is 1.81 bits per heavy atom.